The molecule has 11 nitrogen and oxygen atoms in total. The number of phenolic OH excluding ortho intramolecular Hbond substituents is 1. The number of aromatic hydroxyl groups is 1. The maximum absolute atomic E-state index is 12.1. The number of thioether (sulfide) groups is 1. The second-order valence-electron chi connectivity index (χ2n) is 7.90. The lowest BCUT2D eigenvalue weighted by Gasteiger charge is -2.15. The fourth-order valence-corrected chi connectivity index (χ4v) is 4.40. The van der Waals surface area contributed by atoms with Gasteiger partial charge >= 0.3 is 11.9 Å². The molecule has 0 amide bonds. The Bertz CT molecular complexity index is 1300. The van der Waals surface area contributed by atoms with Crippen LogP contribution in [0.3, 0.4) is 0 Å². The van der Waals surface area contributed by atoms with E-state index in [2.05, 4.69) is 4.74 Å². The lowest BCUT2D eigenvalue weighted by atomic mass is 10.1. The Labute approximate surface area is 257 Å². The van der Waals surface area contributed by atoms with Crippen LogP contribution in [0.2, 0.25) is 0 Å². The van der Waals surface area contributed by atoms with Gasteiger partial charge in [0.2, 0.25) is 0 Å². The Hall–Kier alpha value is -4.26. The first-order valence-electron chi connectivity index (χ1n) is 12.0. The number of hydrogen-bond donors (Lipinski definition) is 1. The van der Waals surface area contributed by atoms with Crippen molar-refractivity contribution in [2.24, 2.45) is 0 Å². The Kier molecular flexibility index (Phi) is 18.6. The molecule has 0 saturated carbocycles. The molecule has 0 aliphatic carbocycles. The van der Waals surface area contributed by atoms with Gasteiger partial charge in [-0.3, -0.25) is 4.79 Å². The average Bonchev–Trinajstić information content (AvgIpc) is 3.00. The van der Waals surface area contributed by atoms with Gasteiger partial charge in [0.25, 0.3) is 6.47 Å². The van der Waals surface area contributed by atoms with Crippen molar-refractivity contribution in [1.82, 2.24) is 0 Å². The molecule has 0 saturated heterocycles. The number of methoxy groups -OCH3 is 4. The second-order valence-corrected chi connectivity index (χ2v) is 8.95. The van der Waals surface area contributed by atoms with Crippen molar-refractivity contribution in [2.75, 3.05) is 42.0 Å². The minimum Gasteiger partial charge on any atom is -0.508 e. The molecule has 0 heterocycles. The molecular weight excluding hydrogens is 580 g/mol. The summed E-state index contributed by atoms with van der Waals surface area (Å²) < 4.78 is 34.6. The molecule has 1 N–H and O–H groups in total. The van der Waals surface area contributed by atoms with E-state index in [0.29, 0.717) is 34.9 Å². The molecule has 0 aliphatic rings. The predicted molar refractivity (Wildman–Crippen MR) is 163 cm³/mol. The average molecular weight is 621 g/mol. The van der Waals surface area contributed by atoms with Crippen molar-refractivity contribution in [2.45, 2.75) is 32.4 Å². The van der Waals surface area contributed by atoms with Crippen LogP contribution in [0.15, 0.2) is 59.5 Å². The highest BCUT2D eigenvalue weighted by Crippen LogP contribution is 2.35. The molecule has 236 valence electrons. The standard InChI is InChI=1S/C17H18O5S.C12H14O6.2CH4/c1-20-11-22-15-9-8-14(18)13(16(15)17(19)21-2)10-23-12-6-4-3-5-7-12;1-8-9(17-6-13)4-5-10(18-7-15-2)11(8)12(14)16-3;;/h3-9,18H,10-11H2,1-2H3;4-6H,7H2,1-3H3;2*1H4. The third-order valence-corrected chi connectivity index (χ3v) is 6.41. The van der Waals surface area contributed by atoms with E-state index in [-0.39, 0.29) is 51.1 Å². The van der Waals surface area contributed by atoms with Crippen LogP contribution in [-0.2, 0) is 29.5 Å². The van der Waals surface area contributed by atoms with Gasteiger partial charge in [-0.2, -0.15) is 0 Å². The van der Waals surface area contributed by atoms with Crippen LogP contribution in [0.4, 0.5) is 0 Å². The van der Waals surface area contributed by atoms with Crippen molar-refractivity contribution in [3.05, 3.63) is 76.9 Å². The summed E-state index contributed by atoms with van der Waals surface area (Å²) in [6.07, 6.45) is 0. The van der Waals surface area contributed by atoms with E-state index >= 15 is 0 Å². The van der Waals surface area contributed by atoms with Crippen LogP contribution >= 0.6 is 11.8 Å². The molecule has 12 heteroatoms. The molecule has 43 heavy (non-hydrogen) atoms. The number of hydrogen-bond acceptors (Lipinski definition) is 12. The first kappa shape index (κ1) is 38.7. The van der Waals surface area contributed by atoms with Crippen LogP contribution in [0.5, 0.6) is 23.0 Å². The fourth-order valence-electron chi connectivity index (χ4n) is 3.45. The van der Waals surface area contributed by atoms with E-state index in [1.54, 1.807) is 6.92 Å². The van der Waals surface area contributed by atoms with Gasteiger partial charge in [0.1, 0.15) is 34.1 Å². The van der Waals surface area contributed by atoms with Gasteiger partial charge in [-0.25, -0.2) is 9.59 Å². The summed E-state index contributed by atoms with van der Waals surface area (Å²) in [5.74, 6) is 0.198. The maximum atomic E-state index is 12.1. The normalized spacial score (nSPS) is 9.60. The summed E-state index contributed by atoms with van der Waals surface area (Å²) in [5.41, 5.74) is 1.35. The van der Waals surface area contributed by atoms with E-state index in [1.807, 2.05) is 30.3 Å². The minimum atomic E-state index is -0.574. The molecule has 0 aliphatic heterocycles. The van der Waals surface area contributed by atoms with E-state index in [9.17, 15) is 19.5 Å². The second kappa shape index (κ2) is 20.6. The van der Waals surface area contributed by atoms with Crippen LogP contribution in [0.25, 0.3) is 0 Å². The lowest BCUT2D eigenvalue weighted by molar-refractivity contribution is -0.120. The van der Waals surface area contributed by atoms with Crippen molar-refractivity contribution in [3.63, 3.8) is 0 Å². The van der Waals surface area contributed by atoms with Crippen LogP contribution in [0, 0.1) is 6.92 Å². The largest absolute Gasteiger partial charge is 0.508 e. The zero-order valence-electron chi connectivity index (χ0n) is 23.3. The lowest BCUT2D eigenvalue weighted by Crippen LogP contribution is -2.10. The van der Waals surface area contributed by atoms with E-state index in [4.69, 9.17) is 28.4 Å². The quantitative estimate of drug-likeness (QED) is 0.103. The van der Waals surface area contributed by atoms with E-state index in [0.717, 1.165) is 4.90 Å². The summed E-state index contributed by atoms with van der Waals surface area (Å²) >= 11 is 1.51. The molecule has 3 aromatic rings. The van der Waals surface area contributed by atoms with Gasteiger partial charge in [-0.1, -0.05) is 33.1 Å². The first-order chi connectivity index (χ1) is 19.8. The fraction of sp³-hybridized carbons (Fsp3) is 0.323. The SMILES string of the molecule is C.C.COCOc1ccc(O)c(CSc2ccccc2)c1C(=O)OC.COCOc1ccc(OC=O)c(C)c1C(=O)OC. The van der Waals surface area contributed by atoms with E-state index < -0.39 is 11.9 Å². The Morgan fingerprint density at radius 3 is 1.81 bits per heavy atom. The topological polar surface area (TPSA) is 136 Å². The Morgan fingerprint density at radius 1 is 0.767 bits per heavy atom. The number of rotatable bonds is 13. The first-order valence-corrected chi connectivity index (χ1v) is 13.0. The molecule has 3 rings (SSSR count). The number of ether oxygens (including phenoxy) is 7. The summed E-state index contributed by atoms with van der Waals surface area (Å²) in [5, 5.41) is 10.2. The molecule has 0 spiro atoms. The third kappa shape index (κ3) is 11.2. The molecule has 0 bridgehead atoms. The number of carbonyl (C=O) groups excluding carboxylic acids is 3. The molecule has 0 aromatic heterocycles. The van der Waals surface area contributed by atoms with Crippen molar-refractivity contribution in [3.8, 4) is 23.0 Å². The molecule has 0 radical (unpaired) electrons. The number of carbonyl (C=O) groups is 3. The van der Waals surface area contributed by atoms with Crippen LogP contribution in [-0.4, -0.2) is 65.5 Å². The van der Waals surface area contributed by atoms with Crippen molar-refractivity contribution < 1.29 is 52.6 Å². The van der Waals surface area contributed by atoms with Gasteiger partial charge in [0.15, 0.2) is 13.6 Å². The third-order valence-electron chi connectivity index (χ3n) is 5.37. The highest BCUT2D eigenvalue weighted by atomic mass is 32.2. The number of phenols is 1. The van der Waals surface area contributed by atoms with Gasteiger partial charge in [-0.05, 0) is 43.3 Å². The van der Waals surface area contributed by atoms with Gasteiger partial charge in [-0.15, -0.1) is 11.8 Å². The Balaban J connectivity index is 0.000000806. The van der Waals surface area contributed by atoms with Crippen LogP contribution < -0.4 is 14.2 Å². The molecule has 0 unspecified atom stereocenters. The monoisotopic (exact) mass is 620 g/mol. The highest BCUT2D eigenvalue weighted by molar-refractivity contribution is 7.98. The molecule has 0 fully saturated rings. The van der Waals surface area contributed by atoms with Crippen molar-refractivity contribution in [1.29, 1.82) is 0 Å². The summed E-state index contributed by atoms with van der Waals surface area (Å²) in [4.78, 5) is 35.2. The number of benzene rings is 3. The van der Waals surface area contributed by atoms with Crippen molar-refractivity contribution >= 4 is 30.2 Å². The zero-order valence-corrected chi connectivity index (χ0v) is 24.1. The zero-order chi connectivity index (χ0) is 30.2. The Morgan fingerprint density at radius 2 is 1.28 bits per heavy atom. The predicted octanol–water partition coefficient (Wildman–Crippen LogP) is 6.03. The summed E-state index contributed by atoms with van der Waals surface area (Å²) in [6, 6.07) is 15.8. The van der Waals surface area contributed by atoms with Crippen LogP contribution in [0.1, 0.15) is 46.7 Å². The summed E-state index contributed by atoms with van der Waals surface area (Å²) in [7, 11) is 5.51. The van der Waals surface area contributed by atoms with Gasteiger partial charge in [0, 0.05) is 36.0 Å². The molecular formula is C31H40O11S. The molecule has 0 atom stereocenters. The van der Waals surface area contributed by atoms with E-state index in [1.165, 1.54) is 64.5 Å². The smallest absolute Gasteiger partial charge is 0.342 e. The highest BCUT2D eigenvalue weighted by Gasteiger charge is 2.22. The molecule has 3 aromatic carbocycles. The van der Waals surface area contributed by atoms with Gasteiger partial charge in [0.05, 0.1) is 14.2 Å². The minimum absolute atomic E-state index is 0. The summed E-state index contributed by atoms with van der Waals surface area (Å²) in [6.45, 7) is 1.92. The van der Waals surface area contributed by atoms with Gasteiger partial charge < -0.3 is 38.3 Å². The number of esters is 2. The maximum Gasteiger partial charge on any atom is 0.342 e.